The fourth-order valence-electron chi connectivity index (χ4n) is 2.94. The summed E-state index contributed by atoms with van der Waals surface area (Å²) in [6.45, 7) is 6.53. The van der Waals surface area contributed by atoms with Gasteiger partial charge in [0.2, 0.25) is 5.89 Å². The largest absolute Gasteiger partial charge is 0.338 e. The highest BCUT2D eigenvalue weighted by Crippen LogP contribution is 2.36. The smallest absolute Gasteiger partial charge is 0.243 e. The van der Waals surface area contributed by atoms with E-state index in [1.807, 2.05) is 0 Å². The molecule has 0 amide bonds. The molecule has 4 atom stereocenters. The molecule has 0 spiro atoms. The second-order valence-corrected chi connectivity index (χ2v) is 6.04. The van der Waals surface area contributed by atoms with E-state index in [-0.39, 0.29) is 6.04 Å². The molecular weight excluding hydrogens is 238 g/mol. The first-order chi connectivity index (χ1) is 9.15. The molecule has 2 N–H and O–H groups in total. The first kappa shape index (κ1) is 14.5. The fraction of sp³-hybridized carbons (Fsp3) is 0.867. The third-order valence-corrected chi connectivity index (χ3v) is 4.72. The van der Waals surface area contributed by atoms with Crippen LogP contribution >= 0.6 is 0 Å². The Labute approximate surface area is 116 Å². The lowest BCUT2D eigenvalue weighted by molar-refractivity contribution is 0.290. The number of rotatable bonds is 5. The molecule has 0 bridgehead atoms. The van der Waals surface area contributed by atoms with Crippen LogP contribution in [0.1, 0.15) is 83.0 Å². The van der Waals surface area contributed by atoms with Crippen LogP contribution in [0.4, 0.5) is 0 Å². The van der Waals surface area contributed by atoms with Gasteiger partial charge in [-0.1, -0.05) is 51.6 Å². The molecule has 19 heavy (non-hydrogen) atoms. The Hall–Kier alpha value is -0.900. The molecule has 2 rings (SSSR count). The molecule has 0 saturated heterocycles. The number of hydrogen-bond acceptors (Lipinski definition) is 4. The minimum Gasteiger partial charge on any atom is -0.338 e. The van der Waals surface area contributed by atoms with Gasteiger partial charge in [-0.25, -0.2) is 0 Å². The van der Waals surface area contributed by atoms with E-state index < -0.39 is 0 Å². The molecule has 1 heterocycles. The summed E-state index contributed by atoms with van der Waals surface area (Å²) in [5, 5.41) is 4.18. The Morgan fingerprint density at radius 2 is 2.16 bits per heavy atom. The summed E-state index contributed by atoms with van der Waals surface area (Å²) in [6.07, 6.45) is 7.31. The maximum atomic E-state index is 6.15. The SMILES string of the molecule is CCC1CCCC(c2noc(C(N)C(C)CC)n2)C1. The van der Waals surface area contributed by atoms with Crippen LogP contribution in [0.25, 0.3) is 0 Å². The van der Waals surface area contributed by atoms with Gasteiger partial charge in [-0.3, -0.25) is 0 Å². The molecule has 108 valence electrons. The van der Waals surface area contributed by atoms with E-state index in [2.05, 4.69) is 30.9 Å². The van der Waals surface area contributed by atoms with Crippen molar-refractivity contribution in [1.82, 2.24) is 10.1 Å². The summed E-state index contributed by atoms with van der Waals surface area (Å²) < 4.78 is 5.39. The molecule has 0 aromatic carbocycles. The topological polar surface area (TPSA) is 64.9 Å². The Bertz CT molecular complexity index is 390. The van der Waals surface area contributed by atoms with E-state index in [9.17, 15) is 0 Å². The zero-order chi connectivity index (χ0) is 13.8. The van der Waals surface area contributed by atoms with Gasteiger partial charge >= 0.3 is 0 Å². The quantitative estimate of drug-likeness (QED) is 0.879. The van der Waals surface area contributed by atoms with E-state index in [1.165, 1.54) is 32.1 Å². The van der Waals surface area contributed by atoms with Crippen molar-refractivity contribution < 1.29 is 4.52 Å². The molecule has 1 aromatic rings. The van der Waals surface area contributed by atoms with Crippen LogP contribution in [-0.2, 0) is 0 Å². The Morgan fingerprint density at radius 3 is 2.84 bits per heavy atom. The van der Waals surface area contributed by atoms with Gasteiger partial charge in [-0.2, -0.15) is 4.98 Å². The summed E-state index contributed by atoms with van der Waals surface area (Å²) in [4.78, 5) is 4.57. The van der Waals surface area contributed by atoms with Gasteiger partial charge in [0.05, 0.1) is 6.04 Å². The van der Waals surface area contributed by atoms with Crippen LogP contribution < -0.4 is 5.73 Å². The highest BCUT2D eigenvalue weighted by Gasteiger charge is 2.27. The molecule has 1 saturated carbocycles. The third kappa shape index (κ3) is 3.35. The molecule has 4 unspecified atom stereocenters. The van der Waals surface area contributed by atoms with Crippen LogP contribution in [0.5, 0.6) is 0 Å². The van der Waals surface area contributed by atoms with Crippen molar-refractivity contribution in [3.8, 4) is 0 Å². The molecule has 4 nitrogen and oxygen atoms in total. The average Bonchev–Trinajstić information content (AvgIpc) is 2.95. The van der Waals surface area contributed by atoms with Crippen LogP contribution in [0.2, 0.25) is 0 Å². The lowest BCUT2D eigenvalue weighted by atomic mass is 9.80. The van der Waals surface area contributed by atoms with Gasteiger partial charge in [-0.05, 0) is 24.7 Å². The Morgan fingerprint density at radius 1 is 1.37 bits per heavy atom. The van der Waals surface area contributed by atoms with Crippen LogP contribution in [0, 0.1) is 11.8 Å². The van der Waals surface area contributed by atoms with Crippen LogP contribution in [0.15, 0.2) is 4.52 Å². The normalized spacial score (nSPS) is 27.2. The predicted molar refractivity (Wildman–Crippen MR) is 75.7 cm³/mol. The summed E-state index contributed by atoms with van der Waals surface area (Å²) in [5.74, 6) is 3.17. The second kappa shape index (κ2) is 6.51. The maximum Gasteiger partial charge on any atom is 0.243 e. The van der Waals surface area contributed by atoms with Gasteiger partial charge in [0.25, 0.3) is 0 Å². The van der Waals surface area contributed by atoms with Crippen molar-refractivity contribution in [2.24, 2.45) is 17.6 Å². The van der Waals surface area contributed by atoms with Crippen molar-refractivity contribution in [1.29, 1.82) is 0 Å². The average molecular weight is 265 g/mol. The summed E-state index contributed by atoms with van der Waals surface area (Å²) in [6, 6.07) is -0.128. The van der Waals surface area contributed by atoms with E-state index in [0.717, 1.165) is 18.2 Å². The molecule has 4 heteroatoms. The van der Waals surface area contributed by atoms with Crippen molar-refractivity contribution in [3.63, 3.8) is 0 Å². The van der Waals surface area contributed by atoms with Gasteiger partial charge in [0, 0.05) is 5.92 Å². The number of nitrogens with zero attached hydrogens (tertiary/aromatic N) is 2. The second-order valence-electron chi connectivity index (χ2n) is 6.04. The minimum absolute atomic E-state index is 0.128. The number of aromatic nitrogens is 2. The van der Waals surface area contributed by atoms with Gasteiger partial charge in [-0.15, -0.1) is 0 Å². The lowest BCUT2D eigenvalue weighted by Gasteiger charge is -2.26. The van der Waals surface area contributed by atoms with Gasteiger partial charge < -0.3 is 10.3 Å². The fourth-order valence-corrected chi connectivity index (χ4v) is 2.94. The molecular formula is C15H27N3O. The Kier molecular flexibility index (Phi) is 4.97. The molecule has 1 fully saturated rings. The first-order valence-corrected chi connectivity index (χ1v) is 7.74. The summed E-state index contributed by atoms with van der Waals surface area (Å²) >= 11 is 0. The number of nitrogens with two attached hydrogens (primary N) is 1. The zero-order valence-electron chi connectivity index (χ0n) is 12.4. The molecule has 1 aliphatic rings. The lowest BCUT2D eigenvalue weighted by Crippen LogP contribution is -2.19. The zero-order valence-corrected chi connectivity index (χ0v) is 12.4. The maximum absolute atomic E-state index is 6.15. The molecule has 0 radical (unpaired) electrons. The van der Waals surface area contributed by atoms with Crippen molar-refractivity contribution >= 4 is 0 Å². The predicted octanol–water partition coefficient (Wildman–Crippen LogP) is 3.80. The first-order valence-electron chi connectivity index (χ1n) is 7.74. The standard InChI is InChI=1S/C15H27N3O/c1-4-10(3)13(16)15-17-14(18-19-15)12-8-6-7-11(5-2)9-12/h10-13H,4-9,16H2,1-3H3. The van der Waals surface area contributed by atoms with E-state index >= 15 is 0 Å². The van der Waals surface area contributed by atoms with Crippen molar-refractivity contribution in [3.05, 3.63) is 11.7 Å². The van der Waals surface area contributed by atoms with Crippen molar-refractivity contribution in [2.45, 2.75) is 71.3 Å². The van der Waals surface area contributed by atoms with Crippen LogP contribution in [0.3, 0.4) is 0 Å². The van der Waals surface area contributed by atoms with Gasteiger partial charge in [0.1, 0.15) is 0 Å². The molecule has 0 aliphatic heterocycles. The Balaban J connectivity index is 2.04. The molecule has 1 aromatic heterocycles. The van der Waals surface area contributed by atoms with Gasteiger partial charge in [0.15, 0.2) is 5.82 Å². The summed E-state index contributed by atoms with van der Waals surface area (Å²) in [7, 11) is 0. The third-order valence-electron chi connectivity index (χ3n) is 4.72. The van der Waals surface area contributed by atoms with E-state index in [4.69, 9.17) is 10.3 Å². The van der Waals surface area contributed by atoms with E-state index in [1.54, 1.807) is 0 Å². The highest BCUT2D eigenvalue weighted by atomic mass is 16.5. The van der Waals surface area contributed by atoms with Crippen molar-refractivity contribution in [2.75, 3.05) is 0 Å². The molecule has 1 aliphatic carbocycles. The van der Waals surface area contributed by atoms with E-state index in [0.29, 0.717) is 17.7 Å². The highest BCUT2D eigenvalue weighted by molar-refractivity contribution is 5.00. The van der Waals surface area contributed by atoms with Crippen LogP contribution in [-0.4, -0.2) is 10.1 Å². The number of hydrogen-bond donors (Lipinski definition) is 1. The monoisotopic (exact) mass is 265 g/mol. The minimum atomic E-state index is -0.128. The summed E-state index contributed by atoms with van der Waals surface area (Å²) in [5.41, 5.74) is 6.15.